The molecule has 0 aliphatic rings. The Morgan fingerprint density at radius 2 is 1.86 bits per heavy atom. The van der Waals surface area contributed by atoms with Crippen LogP contribution in [-0.4, -0.2) is 32.3 Å². The highest BCUT2D eigenvalue weighted by atomic mass is 35.5. The van der Waals surface area contributed by atoms with Gasteiger partial charge in [-0.2, -0.15) is 0 Å². The molecule has 1 atom stereocenters. The third-order valence-corrected chi connectivity index (χ3v) is 6.76. The van der Waals surface area contributed by atoms with Crippen LogP contribution in [0.3, 0.4) is 0 Å². The number of aryl methyl sites for hydroxylation is 2. The van der Waals surface area contributed by atoms with Crippen LogP contribution in [0.2, 0.25) is 5.02 Å². The number of nitrogens with one attached hydrogen (secondary N) is 2. The fourth-order valence-corrected chi connectivity index (χ4v) is 4.33. The maximum atomic E-state index is 12.9. The Hall–Kier alpha value is -3.10. The lowest BCUT2D eigenvalue weighted by molar-refractivity contribution is -0.113. The summed E-state index contributed by atoms with van der Waals surface area (Å²) < 4.78 is 1.88. The van der Waals surface area contributed by atoms with E-state index in [9.17, 15) is 9.59 Å². The average molecular weight is 512 g/mol. The maximum Gasteiger partial charge on any atom is 0.251 e. The Morgan fingerprint density at radius 3 is 2.49 bits per heavy atom. The molecule has 0 saturated carbocycles. The van der Waals surface area contributed by atoms with Crippen molar-refractivity contribution in [1.29, 1.82) is 0 Å². The van der Waals surface area contributed by atoms with Gasteiger partial charge in [0.25, 0.3) is 5.91 Å². The number of carbonyl (C=O) groups is 2. The molecule has 184 valence electrons. The zero-order valence-electron chi connectivity index (χ0n) is 20.3. The molecule has 0 saturated heterocycles. The molecule has 7 nitrogen and oxygen atoms in total. The van der Waals surface area contributed by atoms with Gasteiger partial charge in [0.05, 0.1) is 11.8 Å². The van der Waals surface area contributed by atoms with Crippen molar-refractivity contribution < 1.29 is 9.59 Å². The van der Waals surface area contributed by atoms with Gasteiger partial charge in [0.2, 0.25) is 5.91 Å². The van der Waals surface area contributed by atoms with Gasteiger partial charge in [-0.05, 0) is 49.6 Å². The van der Waals surface area contributed by atoms with E-state index in [1.54, 1.807) is 24.3 Å². The van der Waals surface area contributed by atoms with E-state index in [1.165, 1.54) is 11.8 Å². The molecule has 0 unspecified atom stereocenters. The van der Waals surface area contributed by atoms with Crippen LogP contribution >= 0.6 is 23.4 Å². The quantitative estimate of drug-likeness (QED) is 0.273. The van der Waals surface area contributed by atoms with Gasteiger partial charge in [-0.1, -0.05) is 67.0 Å². The second-order valence-electron chi connectivity index (χ2n) is 8.60. The van der Waals surface area contributed by atoms with Gasteiger partial charge in [-0.15, -0.1) is 16.8 Å². The molecular weight excluding hydrogens is 482 g/mol. The summed E-state index contributed by atoms with van der Waals surface area (Å²) in [5.74, 6) is 0.459. The van der Waals surface area contributed by atoms with Crippen LogP contribution < -0.4 is 10.6 Å². The van der Waals surface area contributed by atoms with Crippen molar-refractivity contribution in [2.24, 2.45) is 5.92 Å². The van der Waals surface area contributed by atoms with Crippen molar-refractivity contribution >= 4 is 40.9 Å². The minimum Gasteiger partial charge on any atom is -0.342 e. The molecule has 0 spiro atoms. The van der Waals surface area contributed by atoms with Gasteiger partial charge in [0.1, 0.15) is 0 Å². The van der Waals surface area contributed by atoms with Gasteiger partial charge in [-0.25, -0.2) is 0 Å². The van der Waals surface area contributed by atoms with Crippen LogP contribution in [0.5, 0.6) is 0 Å². The monoisotopic (exact) mass is 511 g/mol. The van der Waals surface area contributed by atoms with Crippen molar-refractivity contribution in [3.05, 3.63) is 82.7 Å². The molecule has 35 heavy (non-hydrogen) atoms. The molecule has 3 aromatic rings. The zero-order valence-corrected chi connectivity index (χ0v) is 21.9. The SMILES string of the molecule is C=CCn1c(SCC(=O)Nc2ccc(C)c(Cl)c2)nnc1[C@H](NC(=O)c1ccc(C)cc1)C(C)C. The minimum atomic E-state index is -0.367. The first-order chi connectivity index (χ1) is 16.7. The molecule has 0 bridgehead atoms. The minimum absolute atomic E-state index is 0.0598. The second kappa shape index (κ2) is 12.0. The van der Waals surface area contributed by atoms with Gasteiger partial charge >= 0.3 is 0 Å². The van der Waals surface area contributed by atoms with Crippen LogP contribution in [0.25, 0.3) is 0 Å². The smallest absolute Gasteiger partial charge is 0.251 e. The van der Waals surface area contributed by atoms with Gasteiger partial charge in [0.15, 0.2) is 11.0 Å². The Bertz CT molecular complexity index is 1210. The molecule has 3 rings (SSSR count). The van der Waals surface area contributed by atoms with Crippen LogP contribution in [-0.2, 0) is 11.3 Å². The summed E-state index contributed by atoms with van der Waals surface area (Å²) in [4.78, 5) is 25.4. The number of halogens is 1. The number of nitrogens with zero attached hydrogens (tertiary/aromatic N) is 3. The summed E-state index contributed by atoms with van der Waals surface area (Å²) in [5.41, 5.74) is 3.25. The van der Waals surface area contributed by atoms with Crippen molar-refractivity contribution in [3.8, 4) is 0 Å². The number of anilines is 1. The number of thioether (sulfide) groups is 1. The first-order valence-electron chi connectivity index (χ1n) is 11.3. The predicted molar refractivity (Wildman–Crippen MR) is 142 cm³/mol. The van der Waals surface area contributed by atoms with E-state index in [2.05, 4.69) is 27.4 Å². The van der Waals surface area contributed by atoms with E-state index in [4.69, 9.17) is 11.6 Å². The zero-order chi connectivity index (χ0) is 25.5. The van der Waals surface area contributed by atoms with E-state index in [1.807, 2.05) is 56.5 Å². The lowest BCUT2D eigenvalue weighted by atomic mass is 10.0. The van der Waals surface area contributed by atoms with Crippen LogP contribution in [0.1, 0.15) is 47.2 Å². The Kier molecular flexibility index (Phi) is 9.12. The van der Waals surface area contributed by atoms with E-state index < -0.39 is 0 Å². The topological polar surface area (TPSA) is 88.9 Å². The average Bonchev–Trinajstić information content (AvgIpc) is 3.21. The number of hydrogen-bond acceptors (Lipinski definition) is 5. The molecule has 2 N–H and O–H groups in total. The Labute approximate surface area is 215 Å². The van der Waals surface area contributed by atoms with E-state index in [-0.39, 0.29) is 29.5 Å². The normalized spacial score (nSPS) is 11.8. The molecule has 0 radical (unpaired) electrons. The number of rotatable bonds is 10. The molecule has 0 fully saturated rings. The Balaban J connectivity index is 1.74. The summed E-state index contributed by atoms with van der Waals surface area (Å²) in [6.07, 6.45) is 1.74. The third kappa shape index (κ3) is 6.96. The summed E-state index contributed by atoms with van der Waals surface area (Å²) in [7, 11) is 0. The van der Waals surface area contributed by atoms with Crippen LogP contribution in [0.15, 0.2) is 60.3 Å². The van der Waals surface area contributed by atoms with Gasteiger partial charge < -0.3 is 15.2 Å². The lowest BCUT2D eigenvalue weighted by Crippen LogP contribution is -2.33. The highest BCUT2D eigenvalue weighted by molar-refractivity contribution is 7.99. The Morgan fingerprint density at radius 1 is 1.14 bits per heavy atom. The number of benzene rings is 2. The number of aromatic nitrogens is 3. The lowest BCUT2D eigenvalue weighted by Gasteiger charge is -2.22. The third-order valence-electron chi connectivity index (χ3n) is 5.39. The van der Waals surface area contributed by atoms with Gasteiger partial charge in [0, 0.05) is 22.8 Å². The van der Waals surface area contributed by atoms with E-state index >= 15 is 0 Å². The number of allylic oxidation sites excluding steroid dienone is 1. The highest BCUT2D eigenvalue weighted by Crippen LogP contribution is 2.26. The summed E-state index contributed by atoms with van der Waals surface area (Å²) in [6.45, 7) is 12.2. The molecule has 2 aromatic carbocycles. The molecular formula is C26H30ClN5O2S. The van der Waals surface area contributed by atoms with Crippen LogP contribution in [0, 0.1) is 19.8 Å². The van der Waals surface area contributed by atoms with Gasteiger partial charge in [-0.3, -0.25) is 9.59 Å². The first-order valence-corrected chi connectivity index (χ1v) is 12.7. The van der Waals surface area contributed by atoms with E-state index in [0.29, 0.717) is 33.8 Å². The summed E-state index contributed by atoms with van der Waals surface area (Å²) in [5, 5.41) is 15.8. The largest absolute Gasteiger partial charge is 0.342 e. The first kappa shape index (κ1) is 26.5. The number of hydrogen-bond donors (Lipinski definition) is 2. The van der Waals surface area contributed by atoms with Crippen molar-refractivity contribution in [2.75, 3.05) is 11.1 Å². The van der Waals surface area contributed by atoms with E-state index in [0.717, 1.165) is 11.1 Å². The molecule has 1 heterocycles. The second-order valence-corrected chi connectivity index (χ2v) is 9.95. The van der Waals surface area contributed by atoms with Crippen molar-refractivity contribution in [1.82, 2.24) is 20.1 Å². The molecule has 0 aliphatic heterocycles. The molecule has 9 heteroatoms. The molecule has 2 amide bonds. The highest BCUT2D eigenvalue weighted by Gasteiger charge is 2.26. The molecule has 1 aromatic heterocycles. The standard InChI is InChI=1S/C26H30ClN5O2S/c1-6-13-32-24(23(16(2)3)29-25(34)19-10-7-17(4)8-11-19)30-31-26(32)35-15-22(33)28-20-12-9-18(5)21(27)14-20/h6-12,14,16,23H,1,13,15H2,2-5H3,(H,28,33)(H,29,34)/t23-/m1/s1. The molecule has 0 aliphatic carbocycles. The summed E-state index contributed by atoms with van der Waals surface area (Å²) >= 11 is 7.42. The number of carbonyl (C=O) groups excluding carboxylic acids is 2. The fraction of sp³-hybridized carbons (Fsp3) is 0.308. The predicted octanol–water partition coefficient (Wildman–Crippen LogP) is 5.59. The van der Waals surface area contributed by atoms with Crippen LogP contribution in [0.4, 0.5) is 5.69 Å². The maximum absolute atomic E-state index is 12.9. The van der Waals surface area contributed by atoms with Crippen molar-refractivity contribution in [2.45, 2.75) is 45.4 Å². The summed E-state index contributed by atoms with van der Waals surface area (Å²) in [6, 6.07) is 12.4. The number of amides is 2. The van der Waals surface area contributed by atoms with Crippen molar-refractivity contribution in [3.63, 3.8) is 0 Å². The fourth-order valence-electron chi connectivity index (χ4n) is 3.39.